The van der Waals surface area contributed by atoms with Crippen LogP contribution in [0.4, 0.5) is 0 Å². The Balaban J connectivity index is 1.76. The fraction of sp³-hybridized carbons (Fsp3) is 0.500. The Morgan fingerprint density at radius 2 is 1.87 bits per heavy atom. The molecule has 2 heterocycles. The van der Waals surface area contributed by atoms with Gasteiger partial charge in [0, 0.05) is 18.1 Å². The van der Waals surface area contributed by atoms with Crippen LogP contribution in [0.1, 0.15) is 19.5 Å². The van der Waals surface area contributed by atoms with Crippen molar-refractivity contribution < 1.29 is 14.0 Å². The molecule has 0 atom stereocenters. The molecule has 0 aliphatic carbocycles. The van der Waals surface area contributed by atoms with E-state index in [1.807, 2.05) is 30.3 Å². The Bertz CT molecular complexity index is 628. The normalized spacial score (nSPS) is 16.3. The van der Waals surface area contributed by atoms with E-state index in [4.69, 9.17) is 14.0 Å². The lowest BCUT2D eigenvalue weighted by Gasteiger charge is -2.49. The molecule has 23 heavy (non-hydrogen) atoms. The Morgan fingerprint density at radius 1 is 1.17 bits per heavy atom. The molecule has 124 valence electrons. The zero-order valence-corrected chi connectivity index (χ0v) is 14.0. The van der Waals surface area contributed by atoms with Crippen LogP contribution in [-0.2, 0) is 11.2 Å². The van der Waals surface area contributed by atoms with Gasteiger partial charge in [-0.3, -0.25) is 4.90 Å². The van der Waals surface area contributed by atoms with Gasteiger partial charge in [0.25, 0.3) is 0 Å². The van der Waals surface area contributed by atoms with Gasteiger partial charge in [0.15, 0.2) is 5.76 Å². The molecule has 1 saturated heterocycles. The molecular formula is C18H24N2O3. The molecular weight excluding hydrogens is 292 g/mol. The minimum atomic E-state index is 0.0670. The predicted molar refractivity (Wildman–Crippen MR) is 88.7 cm³/mol. The average molecular weight is 316 g/mol. The second kappa shape index (κ2) is 6.72. The van der Waals surface area contributed by atoms with E-state index in [9.17, 15) is 0 Å². The van der Waals surface area contributed by atoms with Crippen LogP contribution in [0.25, 0.3) is 11.3 Å². The lowest BCUT2D eigenvalue weighted by Crippen LogP contribution is -2.63. The number of benzene rings is 1. The maximum atomic E-state index is 5.54. The van der Waals surface area contributed by atoms with Gasteiger partial charge in [-0.25, -0.2) is 0 Å². The molecule has 5 heteroatoms. The first-order valence-electron chi connectivity index (χ1n) is 8.13. The molecule has 1 aliphatic heterocycles. The standard InChI is InChI=1S/C18H24N2O3/c1-4-20(5-2)18(12-22-13-18)11-15-10-17(23-19-15)14-6-8-16(21-3)9-7-14/h6-10H,4-5,11-13H2,1-3H3. The monoisotopic (exact) mass is 316 g/mol. The van der Waals surface area contributed by atoms with Crippen molar-refractivity contribution >= 4 is 0 Å². The van der Waals surface area contributed by atoms with Crippen molar-refractivity contribution in [3.05, 3.63) is 36.0 Å². The van der Waals surface area contributed by atoms with Crippen LogP contribution in [0.5, 0.6) is 5.75 Å². The van der Waals surface area contributed by atoms with Crippen LogP contribution in [0, 0.1) is 0 Å². The topological polar surface area (TPSA) is 47.7 Å². The van der Waals surface area contributed by atoms with Gasteiger partial charge in [-0.2, -0.15) is 0 Å². The number of rotatable bonds is 7. The van der Waals surface area contributed by atoms with Gasteiger partial charge in [-0.1, -0.05) is 19.0 Å². The van der Waals surface area contributed by atoms with Gasteiger partial charge >= 0.3 is 0 Å². The van der Waals surface area contributed by atoms with Gasteiger partial charge in [0.1, 0.15) is 5.75 Å². The van der Waals surface area contributed by atoms with Crippen molar-refractivity contribution in [1.29, 1.82) is 0 Å². The SMILES string of the molecule is CCN(CC)C1(Cc2cc(-c3ccc(OC)cc3)on2)COC1. The van der Waals surface area contributed by atoms with Crippen LogP contribution in [-0.4, -0.2) is 49.0 Å². The van der Waals surface area contributed by atoms with Crippen LogP contribution >= 0.6 is 0 Å². The summed E-state index contributed by atoms with van der Waals surface area (Å²) in [5.74, 6) is 1.62. The van der Waals surface area contributed by atoms with E-state index in [-0.39, 0.29) is 5.54 Å². The fourth-order valence-electron chi connectivity index (χ4n) is 3.25. The number of likely N-dealkylation sites (N-methyl/N-ethyl adjacent to an activating group) is 1. The minimum Gasteiger partial charge on any atom is -0.497 e. The van der Waals surface area contributed by atoms with E-state index in [1.54, 1.807) is 7.11 Å². The first kappa shape index (κ1) is 16.0. The summed E-state index contributed by atoms with van der Waals surface area (Å²) in [7, 11) is 1.66. The average Bonchev–Trinajstić information content (AvgIpc) is 3.02. The van der Waals surface area contributed by atoms with E-state index in [0.29, 0.717) is 0 Å². The summed E-state index contributed by atoms with van der Waals surface area (Å²) in [5.41, 5.74) is 2.05. The first-order valence-corrected chi connectivity index (χ1v) is 8.13. The van der Waals surface area contributed by atoms with Gasteiger partial charge in [-0.15, -0.1) is 0 Å². The van der Waals surface area contributed by atoms with E-state index in [0.717, 1.165) is 55.5 Å². The van der Waals surface area contributed by atoms with Crippen LogP contribution < -0.4 is 4.74 Å². The molecule has 1 fully saturated rings. The summed E-state index contributed by atoms with van der Waals surface area (Å²) < 4.78 is 16.2. The highest BCUT2D eigenvalue weighted by molar-refractivity contribution is 5.58. The number of nitrogens with zero attached hydrogens (tertiary/aromatic N) is 2. The molecule has 0 amide bonds. The molecule has 0 N–H and O–H groups in total. The molecule has 1 aromatic carbocycles. The summed E-state index contributed by atoms with van der Waals surface area (Å²) in [4.78, 5) is 2.46. The molecule has 0 bridgehead atoms. The molecule has 3 rings (SSSR count). The highest BCUT2D eigenvalue weighted by atomic mass is 16.5. The number of ether oxygens (including phenoxy) is 2. The van der Waals surface area contributed by atoms with Gasteiger partial charge in [0.05, 0.1) is 31.6 Å². The maximum Gasteiger partial charge on any atom is 0.167 e. The Labute approximate surface area is 137 Å². The molecule has 2 aromatic rings. The Hall–Kier alpha value is -1.85. The van der Waals surface area contributed by atoms with E-state index >= 15 is 0 Å². The second-order valence-electron chi connectivity index (χ2n) is 5.98. The fourth-order valence-corrected chi connectivity index (χ4v) is 3.25. The molecule has 0 saturated carbocycles. The number of methoxy groups -OCH3 is 1. The second-order valence-corrected chi connectivity index (χ2v) is 5.98. The summed E-state index contributed by atoms with van der Waals surface area (Å²) >= 11 is 0. The number of hydrogen-bond acceptors (Lipinski definition) is 5. The van der Waals surface area contributed by atoms with E-state index in [2.05, 4.69) is 23.9 Å². The summed E-state index contributed by atoms with van der Waals surface area (Å²) in [5, 5.41) is 4.26. The quantitative estimate of drug-likeness (QED) is 0.786. The summed E-state index contributed by atoms with van der Waals surface area (Å²) in [6.07, 6.45) is 0.855. The molecule has 1 aliphatic rings. The summed E-state index contributed by atoms with van der Waals surface area (Å²) in [6, 6.07) is 9.85. The molecule has 0 spiro atoms. The molecule has 0 radical (unpaired) electrons. The van der Waals surface area contributed by atoms with Gasteiger partial charge in [0.2, 0.25) is 0 Å². The number of aromatic nitrogens is 1. The van der Waals surface area contributed by atoms with Crippen molar-refractivity contribution in [3.63, 3.8) is 0 Å². The third-order valence-corrected chi connectivity index (χ3v) is 4.62. The van der Waals surface area contributed by atoms with Crippen LogP contribution in [0.2, 0.25) is 0 Å². The van der Waals surface area contributed by atoms with Crippen molar-refractivity contribution in [2.75, 3.05) is 33.4 Å². The highest BCUT2D eigenvalue weighted by Crippen LogP contribution is 2.30. The Kier molecular flexibility index (Phi) is 4.68. The highest BCUT2D eigenvalue weighted by Gasteiger charge is 2.43. The van der Waals surface area contributed by atoms with E-state index < -0.39 is 0 Å². The van der Waals surface area contributed by atoms with Crippen molar-refractivity contribution in [1.82, 2.24) is 10.1 Å². The van der Waals surface area contributed by atoms with Crippen LogP contribution in [0.15, 0.2) is 34.9 Å². The van der Waals surface area contributed by atoms with E-state index in [1.165, 1.54) is 0 Å². The smallest absolute Gasteiger partial charge is 0.167 e. The zero-order chi connectivity index (χ0) is 16.3. The lowest BCUT2D eigenvalue weighted by molar-refractivity contribution is -0.138. The number of hydrogen-bond donors (Lipinski definition) is 0. The third kappa shape index (κ3) is 3.12. The van der Waals surface area contributed by atoms with Crippen molar-refractivity contribution in [2.45, 2.75) is 25.8 Å². The summed E-state index contributed by atoms with van der Waals surface area (Å²) in [6.45, 7) is 7.94. The predicted octanol–water partition coefficient (Wildman–Crippen LogP) is 3.00. The maximum absolute atomic E-state index is 5.54. The largest absolute Gasteiger partial charge is 0.497 e. The first-order chi connectivity index (χ1) is 11.2. The van der Waals surface area contributed by atoms with Crippen molar-refractivity contribution in [3.8, 4) is 17.1 Å². The zero-order valence-electron chi connectivity index (χ0n) is 14.0. The van der Waals surface area contributed by atoms with Gasteiger partial charge in [-0.05, 0) is 37.4 Å². The lowest BCUT2D eigenvalue weighted by atomic mass is 9.89. The van der Waals surface area contributed by atoms with Gasteiger partial charge < -0.3 is 14.0 Å². The molecule has 1 aromatic heterocycles. The van der Waals surface area contributed by atoms with Crippen molar-refractivity contribution in [2.24, 2.45) is 0 Å². The Morgan fingerprint density at radius 3 is 2.39 bits per heavy atom. The minimum absolute atomic E-state index is 0.0670. The molecule has 0 unspecified atom stereocenters. The molecule has 5 nitrogen and oxygen atoms in total. The third-order valence-electron chi connectivity index (χ3n) is 4.62. The van der Waals surface area contributed by atoms with Crippen LogP contribution in [0.3, 0.4) is 0 Å².